The van der Waals surface area contributed by atoms with Crippen LogP contribution >= 0.6 is 11.6 Å². The zero-order valence-corrected chi connectivity index (χ0v) is 19.5. The average molecular weight is 465 g/mol. The van der Waals surface area contributed by atoms with Gasteiger partial charge in [0.25, 0.3) is 0 Å². The van der Waals surface area contributed by atoms with E-state index in [4.69, 9.17) is 17.3 Å². The number of halogens is 1. The molecule has 33 heavy (non-hydrogen) atoms. The fourth-order valence-corrected chi connectivity index (χ4v) is 4.38. The Morgan fingerprint density at radius 1 is 1.15 bits per heavy atom. The largest absolute Gasteiger partial charge is 0.369 e. The minimum absolute atomic E-state index is 0.339. The Labute approximate surface area is 199 Å². The number of nitrogens with one attached hydrogen (secondary N) is 2. The number of piperidine rings is 1. The maximum Gasteiger partial charge on any atom is 0.227 e. The monoisotopic (exact) mass is 464 g/mol. The molecule has 1 unspecified atom stereocenters. The summed E-state index contributed by atoms with van der Waals surface area (Å²) in [5.41, 5.74) is 10.2. The van der Waals surface area contributed by atoms with Crippen LogP contribution in [0.25, 0.3) is 0 Å². The third-order valence-electron chi connectivity index (χ3n) is 6.20. The number of anilines is 2. The molecule has 0 spiro atoms. The van der Waals surface area contributed by atoms with E-state index in [0.29, 0.717) is 29.7 Å². The van der Waals surface area contributed by atoms with E-state index in [1.54, 1.807) is 6.20 Å². The van der Waals surface area contributed by atoms with Crippen LogP contribution in [0.4, 0.5) is 11.6 Å². The van der Waals surface area contributed by atoms with Crippen molar-refractivity contribution in [2.45, 2.75) is 44.4 Å². The summed E-state index contributed by atoms with van der Waals surface area (Å²) in [6.45, 7) is 3.91. The van der Waals surface area contributed by atoms with Gasteiger partial charge in [-0.2, -0.15) is 0 Å². The minimum Gasteiger partial charge on any atom is -0.369 e. The SMILES string of the molecule is CC(C(N)=O)c1ccccc1CCc1nc(Nc2ccc(C3CCNCC3)nc2)ncc1Cl. The lowest BCUT2D eigenvalue weighted by molar-refractivity contribution is -0.119. The van der Waals surface area contributed by atoms with Crippen molar-refractivity contribution in [3.05, 3.63) is 76.3 Å². The van der Waals surface area contributed by atoms with Crippen molar-refractivity contribution in [3.8, 4) is 0 Å². The lowest BCUT2D eigenvalue weighted by Crippen LogP contribution is -2.27. The molecule has 7 nitrogen and oxygen atoms in total. The van der Waals surface area contributed by atoms with Crippen LogP contribution in [0.2, 0.25) is 5.02 Å². The number of pyridine rings is 1. The van der Waals surface area contributed by atoms with Crippen LogP contribution in [0.3, 0.4) is 0 Å². The van der Waals surface area contributed by atoms with Crippen LogP contribution in [-0.2, 0) is 17.6 Å². The van der Waals surface area contributed by atoms with Crippen molar-refractivity contribution in [2.75, 3.05) is 18.4 Å². The molecule has 3 aromatic rings. The van der Waals surface area contributed by atoms with E-state index in [1.807, 2.05) is 43.5 Å². The number of amides is 1. The molecular weight excluding hydrogens is 436 g/mol. The number of nitrogens with zero attached hydrogens (tertiary/aromatic N) is 3. The van der Waals surface area contributed by atoms with E-state index >= 15 is 0 Å². The summed E-state index contributed by atoms with van der Waals surface area (Å²) in [4.78, 5) is 25.3. The van der Waals surface area contributed by atoms with Crippen molar-refractivity contribution in [3.63, 3.8) is 0 Å². The van der Waals surface area contributed by atoms with Crippen molar-refractivity contribution in [2.24, 2.45) is 5.73 Å². The standard InChI is InChI=1S/C25H29ClN6O/c1-16(24(27)33)20-5-3-2-4-17(20)6-8-23-21(26)15-30-25(32-23)31-19-7-9-22(29-14-19)18-10-12-28-13-11-18/h2-5,7,9,14-16,18,28H,6,8,10-13H2,1H3,(H2,27,33)(H,30,31,32). The predicted octanol–water partition coefficient (Wildman–Crippen LogP) is 4.11. The van der Waals surface area contributed by atoms with Gasteiger partial charge in [-0.1, -0.05) is 35.9 Å². The highest BCUT2D eigenvalue weighted by molar-refractivity contribution is 6.31. The van der Waals surface area contributed by atoms with Gasteiger partial charge in [0, 0.05) is 11.6 Å². The second-order valence-corrected chi connectivity index (χ2v) is 8.84. The van der Waals surface area contributed by atoms with Crippen LogP contribution < -0.4 is 16.4 Å². The van der Waals surface area contributed by atoms with Gasteiger partial charge in [-0.15, -0.1) is 0 Å². The van der Waals surface area contributed by atoms with Crippen LogP contribution in [0.1, 0.15) is 54.1 Å². The Kier molecular flexibility index (Phi) is 7.52. The first-order valence-corrected chi connectivity index (χ1v) is 11.7. The van der Waals surface area contributed by atoms with Crippen LogP contribution in [0, 0.1) is 0 Å². The quantitative estimate of drug-likeness (QED) is 0.463. The minimum atomic E-state index is -0.348. The molecule has 4 rings (SSSR count). The van der Waals surface area contributed by atoms with E-state index in [1.165, 1.54) is 0 Å². The molecule has 0 radical (unpaired) electrons. The van der Waals surface area contributed by atoms with E-state index in [2.05, 4.69) is 31.7 Å². The van der Waals surface area contributed by atoms with Gasteiger partial charge in [0.2, 0.25) is 11.9 Å². The fourth-order valence-electron chi connectivity index (χ4n) is 4.20. The lowest BCUT2D eigenvalue weighted by atomic mass is 9.92. The molecule has 1 aliphatic rings. The van der Waals surface area contributed by atoms with Crippen molar-refractivity contribution >= 4 is 29.1 Å². The third-order valence-corrected chi connectivity index (χ3v) is 6.51. The van der Waals surface area contributed by atoms with Gasteiger partial charge in [0.1, 0.15) is 0 Å². The maximum atomic E-state index is 11.7. The zero-order chi connectivity index (χ0) is 23.2. The number of carbonyl (C=O) groups excluding carboxylic acids is 1. The number of benzene rings is 1. The van der Waals surface area contributed by atoms with Gasteiger partial charge >= 0.3 is 0 Å². The summed E-state index contributed by atoms with van der Waals surface area (Å²) in [7, 11) is 0. The van der Waals surface area contributed by atoms with E-state index < -0.39 is 0 Å². The molecule has 8 heteroatoms. The first-order valence-electron chi connectivity index (χ1n) is 11.3. The summed E-state index contributed by atoms with van der Waals surface area (Å²) >= 11 is 6.38. The molecule has 1 atom stereocenters. The zero-order valence-electron chi connectivity index (χ0n) is 18.7. The van der Waals surface area contributed by atoms with Crippen molar-refractivity contribution < 1.29 is 4.79 Å². The molecule has 172 valence electrons. The first kappa shape index (κ1) is 23.1. The highest BCUT2D eigenvalue weighted by Gasteiger charge is 2.17. The van der Waals surface area contributed by atoms with Crippen molar-refractivity contribution in [1.82, 2.24) is 20.3 Å². The van der Waals surface area contributed by atoms with E-state index in [-0.39, 0.29) is 11.8 Å². The summed E-state index contributed by atoms with van der Waals surface area (Å²) in [6, 6.07) is 11.9. The molecule has 2 aromatic heterocycles. The Hall–Kier alpha value is -3.03. The Balaban J connectivity index is 1.44. The van der Waals surface area contributed by atoms with Gasteiger partial charge in [0.05, 0.1) is 34.7 Å². The smallest absolute Gasteiger partial charge is 0.227 e. The van der Waals surface area contributed by atoms with Gasteiger partial charge in [0.15, 0.2) is 0 Å². The Morgan fingerprint density at radius 3 is 2.67 bits per heavy atom. The van der Waals surface area contributed by atoms with E-state index in [9.17, 15) is 4.79 Å². The number of aromatic nitrogens is 3. The normalized spacial score (nSPS) is 15.2. The van der Waals surface area contributed by atoms with E-state index in [0.717, 1.165) is 54.1 Å². The number of hydrogen-bond donors (Lipinski definition) is 3. The van der Waals surface area contributed by atoms with Gasteiger partial charge in [-0.3, -0.25) is 9.78 Å². The number of nitrogens with two attached hydrogens (primary N) is 1. The fraction of sp³-hybridized carbons (Fsp3) is 0.360. The molecule has 1 fully saturated rings. The van der Waals surface area contributed by atoms with Crippen LogP contribution in [0.5, 0.6) is 0 Å². The first-order chi connectivity index (χ1) is 16.0. The number of hydrogen-bond acceptors (Lipinski definition) is 6. The molecule has 1 aliphatic heterocycles. The third kappa shape index (κ3) is 5.86. The molecule has 3 heterocycles. The summed E-state index contributed by atoms with van der Waals surface area (Å²) in [6.07, 6.45) is 6.98. The van der Waals surface area contributed by atoms with Crippen molar-refractivity contribution in [1.29, 1.82) is 0 Å². The molecule has 4 N–H and O–H groups in total. The van der Waals surface area contributed by atoms with Crippen LogP contribution in [-0.4, -0.2) is 33.9 Å². The second-order valence-electron chi connectivity index (χ2n) is 8.43. The van der Waals surface area contributed by atoms with Gasteiger partial charge < -0.3 is 16.4 Å². The maximum absolute atomic E-state index is 11.7. The number of aryl methyl sites for hydroxylation is 2. The topological polar surface area (TPSA) is 106 Å². The molecule has 0 aliphatic carbocycles. The average Bonchev–Trinajstić information content (AvgIpc) is 2.85. The predicted molar refractivity (Wildman–Crippen MR) is 131 cm³/mol. The molecule has 0 bridgehead atoms. The van der Waals surface area contributed by atoms with Crippen LogP contribution in [0.15, 0.2) is 48.8 Å². The van der Waals surface area contributed by atoms with Gasteiger partial charge in [-0.25, -0.2) is 9.97 Å². The molecule has 1 saturated heterocycles. The van der Waals surface area contributed by atoms with Gasteiger partial charge in [-0.05, 0) is 69.0 Å². The lowest BCUT2D eigenvalue weighted by Gasteiger charge is -2.22. The number of carbonyl (C=O) groups is 1. The Morgan fingerprint density at radius 2 is 1.94 bits per heavy atom. The number of primary amides is 1. The summed E-state index contributed by atoms with van der Waals surface area (Å²) in [5.74, 6) is 0.303. The second kappa shape index (κ2) is 10.7. The molecule has 0 saturated carbocycles. The molecular formula is C25H29ClN6O. The number of rotatable bonds is 8. The molecule has 1 aromatic carbocycles. The summed E-state index contributed by atoms with van der Waals surface area (Å²) in [5, 5.41) is 7.13. The highest BCUT2D eigenvalue weighted by Crippen LogP contribution is 2.26. The Bertz CT molecular complexity index is 1100. The summed E-state index contributed by atoms with van der Waals surface area (Å²) < 4.78 is 0. The molecule has 1 amide bonds. The highest BCUT2D eigenvalue weighted by atomic mass is 35.5.